The maximum Gasteiger partial charge on any atom is 0.273 e. The van der Waals surface area contributed by atoms with E-state index in [1.807, 2.05) is 6.07 Å². The van der Waals surface area contributed by atoms with Crippen molar-refractivity contribution in [2.75, 3.05) is 19.6 Å². The predicted octanol–water partition coefficient (Wildman–Crippen LogP) is 1.55. The summed E-state index contributed by atoms with van der Waals surface area (Å²) in [5.41, 5.74) is 3.05. The van der Waals surface area contributed by atoms with Crippen molar-refractivity contribution in [2.24, 2.45) is 5.92 Å². The first kappa shape index (κ1) is 12.8. The second-order valence-electron chi connectivity index (χ2n) is 6.94. The number of aromatic nitrogens is 3. The van der Waals surface area contributed by atoms with Crippen LogP contribution in [0, 0.1) is 5.92 Å². The lowest BCUT2D eigenvalue weighted by atomic mass is 9.84. The van der Waals surface area contributed by atoms with Gasteiger partial charge in [0, 0.05) is 23.7 Å². The van der Waals surface area contributed by atoms with Crippen LogP contribution in [0.5, 0.6) is 0 Å². The third-order valence-electron chi connectivity index (χ3n) is 5.78. The molecule has 0 N–H and O–H groups in total. The molecule has 5 nitrogen and oxygen atoms in total. The summed E-state index contributed by atoms with van der Waals surface area (Å²) in [5.74, 6) is 0.732. The summed E-state index contributed by atoms with van der Waals surface area (Å²) in [6, 6.07) is 2.46. The molecular weight excluding hydrogens is 276 g/mol. The quantitative estimate of drug-likeness (QED) is 0.801. The molecule has 1 aliphatic carbocycles. The van der Waals surface area contributed by atoms with E-state index >= 15 is 0 Å². The van der Waals surface area contributed by atoms with Crippen LogP contribution in [0.25, 0.3) is 10.9 Å². The zero-order chi connectivity index (χ0) is 14.7. The molecule has 2 aromatic heterocycles. The molecule has 0 spiro atoms. The maximum absolute atomic E-state index is 12.2. The average molecular weight is 296 g/mol. The molecule has 22 heavy (non-hydrogen) atoms. The fraction of sp³-hybridized carbons (Fsp3) is 0.588. The van der Waals surface area contributed by atoms with Gasteiger partial charge in [-0.05, 0) is 57.2 Å². The minimum Gasteiger partial charge on any atom is -0.301 e. The summed E-state index contributed by atoms with van der Waals surface area (Å²) in [4.78, 5) is 18.8. The summed E-state index contributed by atoms with van der Waals surface area (Å²) >= 11 is 0. The van der Waals surface area contributed by atoms with E-state index in [2.05, 4.69) is 14.6 Å². The average Bonchev–Trinajstić information content (AvgIpc) is 2.85. The lowest BCUT2D eigenvalue weighted by Gasteiger charge is -2.44. The molecule has 1 unspecified atom stereocenters. The smallest absolute Gasteiger partial charge is 0.273 e. The maximum atomic E-state index is 12.2. The fourth-order valence-electron chi connectivity index (χ4n) is 4.65. The minimum absolute atomic E-state index is 0.0654. The molecule has 0 aromatic carbocycles. The molecule has 3 saturated heterocycles. The second kappa shape index (κ2) is 4.62. The van der Waals surface area contributed by atoms with Gasteiger partial charge in [0.1, 0.15) is 0 Å². The van der Waals surface area contributed by atoms with Gasteiger partial charge in [0.15, 0.2) is 0 Å². The normalized spacial score (nSPS) is 29.9. The summed E-state index contributed by atoms with van der Waals surface area (Å²) in [6.45, 7) is 3.57. The Labute approximate surface area is 129 Å². The molecule has 2 aromatic rings. The van der Waals surface area contributed by atoms with Gasteiger partial charge in [-0.2, -0.15) is 5.10 Å². The zero-order valence-electron chi connectivity index (χ0n) is 12.7. The Kier molecular flexibility index (Phi) is 2.68. The molecule has 0 saturated carbocycles. The van der Waals surface area contributed by atoms with E-state index in [1.165, 1.54) is 25.9 Å². The molecule has 114 valence electrons. The van der Waals surface area contributed by atoms with Crippen LogP contribution in [-0.4, -0.2) is 39.3 Å². The van der Waals surface area contributed by atoms with Crippen molar-refractivity contribution in [1.29, 1.82) is 0 Å². The number of aryl methyl sites for hydroxylation is 2. The van der Waals surface area contributed by atoms with Gasteiger partial charge in [-0.15, -0.1) is 0 Å². The Hall–Kier alpha value is -1.75. The number of hydrogen-bond donors (Lipinski definition) is 0. The zero-order valence-corrected chi connectivity index (χ0v) is 12.7. The highest BCUT2D eigenvalue weighted by Gasteiger charge is 2.37. The van der Waals surface area contributed by atoms with Crippen LogP contribution >= 0.6 is 0 Å². The van der Waals surface area contributed by atoms with Gasteiger partial charge in [0.2, 0.25) is 0 Å². The molecule has 4 aliphatic rings. The molecule has 2 bridgehead atoms. The van der Waals surface area contributed by atoms with E-state index < -0.39 is 0 Å². The Morgan fingerprint density at radius 1 is 1.18 bits per heavy atom. The van der Waals surface area contributed by atoms with E-state index in [-0.39, 0.29) is 5.56 Å². The molecule has 3 aliphatic heterocycles. The first-order chi connectivity index (χ1) is 10.8. The Morgan fingerprint density at radius 2 is 2.05 bits per heavy atom. The number of rotatable bonds is 1. The van der Waals surface area contributed by atoms with Crippen LogP contribution in [-0.2, 0) is 12.8 Å². The predicted molar refractivity (Wildman–Crippen MR) is 84.0 cm³/mol. The highest BCUT2D eigenvalue weighted by atomic mass is 16.1. The van der Waals surface area contributed by atoms with Crippen LogP contribution in [0.4, 0.5) is 0 Å². The summed E-state index contributed by atoms with van der Waals surface area (Å²) in [7, 11) is 0. The highest BCUT2D eigenvalue weighted by molar-refractivity contribution is 5.85. The first-order valence-electron chi connectivity index (χ1n) is 8.43. The van der Waals surface area contributed by atoms with E-state index in [0.29, 0.717) is 6.04 Å². The monoisotopic (exact) mass is 296 g/mol. The minimum atomic E-state index is -0.0654. The lowest BCUT2D eigenvalue weighted by Crippen LogP contribution is -2.48. The van der Waals surface area contributed by atoms with Gasteiger partial charge >= 0.3 is 0 Å². The van der Waals surface area contributed by atoms with Crippen LogP contribution < -0.4 is 5.56 Å². The van der Waals surface area contributed by atoms with Crippen LogP contribution in [0.2, 0.25) is 0 Å². The third kappa shape index (κ3) is 1.72. The molecule has 0 amide bonds. The largest absolute Gasteiger partial charge is 0.301 e. The molecule has 5 heteroatoms. The van der Waals surface area contributed by atoms with Crippen molar-refractivity contribution in [2.45, 2.75) is 38.1 Å². The Bertz CT molecular complexity index is 804. The summed E-state index contributed by atoms with van der Waals surface area (Å²) in [5, 5.41) is 6.06. The number of piperidine rings is 3. The van der Waals surface area contributed by atoms with Crippen molar-refractivity contribution < 1.29 is 0 Å². The van der Waals surface area contributed by atoms with E-state index in [9.17, 15) is 4.79 Å². The van der Waals surface area contributed by atoms with Crippen molar-refractivity contribution in [3.05, 3.63) is 33.9 Å². The van der Waals surface area contributed by atoms with Crippen LogP contribution in [0.1, 0.15) is 36.6 Å². The van der Waals surface area contributed by atoms with Gasteiger partial charge < -0.3 is 4.90 Å². The number of fused-ring (bicyclic) bond motifs is 3. The molecular formula is C17H20N4O. The van der Waals surface area contributed by atoms with Gasteiger partial charge in [-0.1, -0.05) is 0 Å². The van der Waals surface area contributed by atoms with Crippen LogP contribution in [0.3, 0.4) is 0 Å². The van der Waals surface area contributed by atoms with Gasteiger partial charge in [-0.3, -0.25) is 9.48 Å². The Morgan fingerprint density at radius 3 is 2.82 bits per heavy atom. The van der Waals surface area contributed by atoms with Gasteiger partial charge in [-0.25, -0.2) is 4.98 Å². The van der Waals surface area contributed by atoms with Crippen molar-refractivity contribution >= 4 is 10.9 Å². The number of hydrogen-bond acceptors (Lipinski definition) is 4. The lowest BCUT2D eigenvalue weighted by molar-refractivity contribution is 0.0532. The fourth-order valence-corrected chi connectivity index (χ4v) is 4.65. The highest BCUT2D eigenvalue weighted by Crippen LogP contribution is 2.38. The molecule has 1 atom stereocenters. The third-order valence-corrected chi connectivity index (χ3v) is 5.78. The van der Waals surface area contributed by atoms with Crippen LogP contribution in [0.15, 0.2) is 17.1 Å². The molecule has 0 radical (unpaired) electrons. The van der Waals surface area contributed by atoms with Crippen molar-refractivity contribution in [3.63, 3.8) is 0 Å². The Balaban J connectivity index is 1.75. The SMILES string of the molecule is O=c1nccc2c3c(nn2C2CN4CCC2CC4)CCCc13. The van der Waals surface area contributed by atoms with Gasteiger partial charge in [0.05, 0.1) is 17.3 Å². The van der Waals surface area contributed by atoms with Gasteiger partial charge in [0.25, 0.3) is 5.56 Å². The summed E-state index contributed by atoms with van der Waals surface area (Å²) in [6.07, 6.45) is 7.07. The van der Waals surface area contributed by atoms with E-state index in [1.54, 1.807) is 6.20 Å². The van der Waals surface area contributed by atoms with E-state index in [4.69, 9.17) is 5.10 Å². The molecule has 5 heterocycles. The summed E-state index contributed by atoms with van der Waals surface area (Å²) < 4.78 is 2.23. The molecule has 3 fully saturated rings. The molecule has 6 rings (SSSR count). The number of nitrogens with zero attached hydrogens (tertiary/aromatic N) is 4. The van der Waals surface area contributed by atoms with E-state index in [0.717, 1.165) is 53.9 Å². The van der Waals surface area contributed by atoms with Crippen molar-refractivity contribution in [1.82, 2.24) is 19.7 Å². The standard InChI is InChI=1S/C17H20N4O/c22-17-12-2-1-3-13-16(12)14(4-7-18-17)21(19-13)15-10-20-8-5-11(15)6-9-20/h4,7,11,15H,1-3,5-6,8-10H2. The topological polar surface area (TPSA) is 51.0 Å². The van der Waals surface area contributed by atoms with Crippen molar-refractivity contribution in [3.8, 4) is 0 Å². The first-order valence-corrected chi connectivity index (χ1v) is 8.43. The second-order valence-corrected chi connectivity index (χ2v) is 6.94.